The molecule has 1 N–H and O–H groups in total. The van der Waals surface area contributed by atoms with Gasteiger partial charge in [0.15, 0.2) is 24.1 Å². The number of hydrogen-bond donors (Lipinski definition) is 1. The summed E-state index contributed by atoms with van der Waals surface area (Å²) in [7, 11) is 0. The normalized spacial score (nSPS) is 10.7. The van der Waals surface area contributed by atoms with E-state index in [9.17, 15) is 22.8 Å². The molecule has 3 aromatic carbocycles. The van der Waals surface area contributed by atoms with Crippen LogP contribution in [0.4, 0.5) is 18.9 Å². The largest absolute Gasteiger partial charge is 0.483 e. The molecule has 0 aliphatic carbocycles. The molecule has 31 heavy (non-hydrogen) atoms. The van der Waals surface area contributed by atoms with Crippen molar-refractivity contribution in [3.05, 3.63) is 72.0 Å². The van der Waals surface area contributed by atoms with Crippen LogP contribution in [-0.2, 0) is 9.59 Å². The summed E-state index contributed by atoms with van der Waals surface area (Å²) >= 11 is 0. The molecule has 0 bridgehead atoms. The van der Waals surface area contributed by atoms with Crippen LogP contribution < -0.4 is 10.1 Å². The molecule has 5 nitrogen and oxygen atoms in total. The second-order valence-corrected chi connectivity index (χ2v) is 6.85. The van der Waals surface area contributed by atoms with Gasteiger partial charge in [0.05, 0.1) is 12.2 Å². The Morgan fingerprint density at radius 2 is 1.71 bits per heavy atom. The van der Waals surface area contributed by atoms with Crippen molar-refractivity contribution in [1.82, 2.24) is 4.90 Å². The van der Waals surface area contributed by atoms with Crippen molar-refractivity contribution in [2.24, 2.45) is 0 Å². The van der Waals surface area contributed by atoms with Gasteiger partial charge < -0.3 is 15.0 Å². The minimum Gasteiger partial charge on any atom is -0.483 e. The maximum Gasteiger partial charge on any atom is 0.260 e. The van der Waals surface area contributed by atoms with Crippen LogP contribution in [0.15, 0.2) is 54.6 Å². The number of carbonyl (C=O) groups is 2. The van der Waals surface area contributed by atoms with Crippen LogP contribution in [-0.4, -0.2) is 36.4 Å². The summed E-state index contributed by atoms with van der Waals surface area (Å²) < 4.78 is 45.8. The quantitative estimate of drug-likeness (QED) is 0.535. The second-order valence-electron chi connectivity index (χ2n) is 6.85. The van der Waals surface area contributed by atoms with E-state index in [1.807, 2.05) is 43.3 Å². The molecule has 0 aromatic heterocycles. The first-order valence-electron chi connectivity index (χ1n) is 9.72. The number of carbonyl (C=O) groups excluding carboxylic acids is 2. The highest BCUT2D eigenvalue weighted by molar-refractivity contribution is 5.95. The molecule has 3 aromatic rings. The van der Waals surface area contributed by atoms with Gasteiger partial charge in [-0.05, 0) is 30.0 Å². The molecule has 2 amide bonds. The van der Waals surface area contributed by atoms with E-state index in [-0.39, 0.29) is 19.7 Å². The smallest absolute Gasteiger partial charge is 0.260 e. The molecule has 8 heteroatoms. The maximum absolute atomic E-state index is 13.8. The van der Waals surface area contributed by atoms with Crippen LogP contribution in [0.1, 0.15) is 13.3 Å². The topological polar surface area (TPSA) is 58.6 Å². The molecule has 162 valence electrons. The molecule has 0 aliphatic heterocycles. The van der Waals surface area contributed by atoms with Gasteiger partial charge in [-0.25, -0.2) is 13.2 Å². The minimum atomic E-state index is -1.68. The highest BCUT2D eigenvalue weighted by Crippen LogP contribution is 2.25. The first-order valence-corrected chi connectivity index (χ1v) is 9.72. The van der Waals surface area contributed by atoms with Crippen LogP contribution in [0.3, 0.4) is 0 Å². The Morgan fingerprint density at radius 3 is 2.48 bits per heavy atom. The molecule has 0 radical (unpaired) electrons. The Labute approximate surface area is 177 Å². The highest BCUT2D eigenvalue weighted by Gasteiger charge is 2.20. The molecule has 0 saturated heterocycles. The van der Waals surface area contributed by atoms with E-state index in [4.69, 9.17) is 4.74 Å². The van der Waals surface area contributed by atoms with E-state index in [1.165, 1.54) is 4.90 Å². The molecule has 0 fully saturated rings. The van der Waals surface area contributed by atoms with E-state index >= 15 is 0 Å². The SMILES string of the molecule is CCCN(CC(=O)Nc1ccc(F)c(F)c1F)C(=O)COc1cccc2ccccc12. The van der Waals surface area contributed by atoms with Crippen molar-refractivity contribution < 1.29 is 27.5 Å². The number of nitrogens with one attached hydrogen (secondary N) is 1. The molecule has 0 unspecified atom stereocenters. The summed E-state index contributed by atoms with van der Waals surface area (Å²) in [6.45, 7) is 1.43. The predicted octanol–water partition coefficient (Wildman–Crippen LogP) is 4.51. The molecular weight excluding hydrogens is 409 g/mol. The minimum absolute atomic E-state index is 0.269. The zero-order chi connectivity index (χ0) is 22.4. The number of nitrogens with zero attached hydrogens (tertiary/aromatic N) is 1. The monoisotopic (exact) mass is 430 g/mol. The number of halogens is 3. The maximum atomic E-state index is 13.8. The van der Waals surface area contributed by atoms with E-state index in [0.29, 0.717) is 18.2 Å². The van der Waals surface area contributed by atoms with Crippen LogP contribution in [0, 0.1) is 17.5 Å². The van der Waals surface area contributed by atoms with Gasteiger partial charge in [0.1, 0.15) is 5.75 Å². The van der Waals surface area contributed by atoms with Crippen molar-refractivity contribution in [3.8, 4) is 5.75 Å². The predicted molar refractivity (Wildman–Crippen MR) is 111 cm³/mol. The zero-order valence-electron chi connectivity index (χ0n) is 16.8. The third-order valence-electron chi connectivity index (χ3n) is 4.59. The highest BCUT2D eigenvalue weighted by atomic mass is 19.2. The van der Waals surface area contributed by atoms with Crippen LogP contribution in [0.5, 0.6) is 5.75 Å². The summed E-state index contributed by atoms with van der Waals surface area (Å²) in [5.74, 6) is -5.17. The van der Waals surface area contributed by atoms with Gasteiger partial charge in [-0.3, -0.25) is 9.59 Å². The third kappa shape index (κ3) is 5.33. The van der Waals surface area contributed by atoms with Gasteiger partial charge in [0, 0.05) is 11.9 Å². The fraction of sp³-hybridized carbons (Fsp3) is 0.217. The number of anilines is 1. The van der Waals surface area contributed by atoms with E-state index in [0.717, 1.165) is 16.8 Å². The number of amides is 2. The lowest BCUT2D eigenvalue weighted by atomic mass is 10.1. The average Bonchev–Trinajstić information content (AvgIpc) is 2.77. The molecular formula is C23H21F3N2O3. The van der Waals surface area contributed by atoms with Gasteiger partial charge in [0.2, 0.25) is 5.91 Å². The zero-order valence-corrected chi connectivity index (χ0v) is 16.8. The summed E-state index contributed by atoms with van der Waals surface area (Å²) in [4.78, 5) is 26.2. The number of ether oxygens (including phenoxy) is 1. The van der Waals surface area contributed by atoms with Gasteiger partial charge in [0.25, 0.3) is 5.91 Å². The number of fused-ring (bicyclic) bond motifs is 1. The summed E-state index contributed by atoms with van der Waals surface area (Å²) in [5, 5.41) is 3.98. The fourth-order valence-electron chi connectivity index (χ4n) is 3.10. The standard InChI is InChI=1S/C23H21F3N2O3/c1-2-12-28(13-20(29)27-18-11-10-17(24)22(25)23(18)26)21(30)14-31-19-9-5-7-15-6-3-4-8-16(15)19/h3-11H,2,12-14H2,1H3,(H,27,29). The average molecular weight is 430 g/mol. The van der Waals surface area contributed by atoms with E-state index in [2.05, 4.69) is 5.32 Å². The Balaban J connectivity index is 1.65. The van der Waals surface area contributed by atoms with Gasteiger partial charge in [-0.15, -0.1) is 0 Å². The number of hydrogen-bond acceptors (Lipinski definition) is 3. The van der Waals surface area contributed by atoms with Crippen molar-refractivity contribution in [2.75, 3.05) is 25.0 Å². The van der Waals surface area contributed by atoms with Crippen LogP contribution in [0.25, 0.3) is 10.8 Å². The molecule has 0 heterocycles. The Kier molecular flexibility index (Phi) is 7.12. The molecule has 0 atom stereocenters. The van der Waals surface area contributed by atoms with E-state index in [1.54, 1.807) is 6.07 Å². The van der Waals surface area contributed by atoms with E-state index < -0.39 is 35.0 Å². The van der Waals surface area contributed by atoms with Crippen molar-refractivity contribution in [3.63, 3.8) is 0 Å². The first kappa shape index (κ1) is 22.1. The van der Waals surface area contributed by atoms with Gasteiger partial charge >= 0.3 is 0 Å². The van der Waals surface area contributed by atoms with Crippen molar-refractivity contribution in [2.45, 2.75) is 13.3 Å². The first-order chi connectivity index (χ1) is 14.9. The van der Waals surface area contributed by atoms with Gasteiger partial charge in [-0.1, -0.05) is 43.3 Å². The lowest BCUT2D eigenvalue weighted by Crippen LogP contribution is -2.41. The summed E-state index contributed by atoms with van der Waals surface area (Å²) in [6.07, 6.45) is 0.576. The van der Waals surface area contributed by atoms with Crippen LogP contribution in [0.2, 0.25) is 0 Å². The second kappa shape index (κ2) is 9.97. The molecule has 0 aliphatic rings. The fourth-order valence-corrected chi connectivity index (χ4v) is 3.10. The van der Waals surface area contributed by atoms with Crippen molar-refractivity contribution >= 4 is 28.3 Å². The lowest BCUT2D eigenvalue weighted by Gasteiger charge is -2.22. The lowest BCUT2D eigenvalue weighted by molar-refractivity contribution is -0.136. The van der Waals surface area contributed by atoms with Crippen LogP contribution >= 0.6 is 0 Å². The van der Waals surface area contributed by atoms with Gasteiger partial charge in [-0.2, -0.15) is 0 Å². The molecule has 3 rings (SSSR count). The molecule has 0 spiro atoms. The third-order valence-corrected chi connectivity index (χ3v) is 4.59. The molecule has 0 saturated carbocycles. The Hall–Kier alpha value is -3.55. The summed E-state index contributed by atoms with van der Waals surface area (Å²) in [5.41, 5.74) is -0.500. The Morgan fingerprint density at radius 1 is 0.968 bits per heavy atom. The number of rotatable bonds is 8. The number of benzene rings is 3. The van der Waals surface area contributed by atoms with Crippen molar-refractivity contribution in [1.29, 1.82) is 0 Å². The summed E-state index contributed by atoms with van der Waals surface area (Å²) in [6, 6.07) is 14.7. The Bertz CT molecular complexity index is 1100.